The van der Waals surface area contributed by atoms with Crippen LogP contribution in [-0.2, 0) is 16.1 Å². The molecule has 1 aromatic heterocycles. The van der Waals surface area contributed by atoms with Crippen molar-refractivity contribution in [3.63, 3.8) is 0 Å². The zero-order valence-electron chi connectivity index (χ0n) is 13.2. The first kappa shape index (κ1) is 17.4. The number of carbonyl (C=O) groups excluding carboxylic acids is 1. The molecule has 2 heterocycles. The van der Waals surface area contributed by atoms with Gasteiger partial charge in [-0.05, 0) is 11.6 Å². The summed E-state index contributed by atoms with van der Waals surface area (Å²) in [5.41, 5.74) is 1.94. The Balaban J connectivity index is 1.70. The van der Waals surface area contributed by atoms with Crippen molar-refractivity contribution in [2.24, 2.45) is 0 Å². The van der Waals surface area contributed by atoms with Gasteiger partial charge in [-0.15, -0.1) is 0 Å². The van der Waals surface area contributed by atoms with Crippen LogP contribution in [0.4, 0.5) is 0 Å². The third-order valence-corrected chi connectivity index (χ3v) is 4.94. The van der Waals surface area contributed by atoms with Gasteiger partial charge in [0.25, 0.3) is 5.91 Å². The summed E-state index contributed by atoms with van der Waals surface area (Å²) in [7, 11) is 0. The number of rotatable bonds is 6. The van der Waals surface area contributed by atoms with Crippen molar-refractivity contribution in [1.82, 2.24) is 14.7 Å². The van der Waals surface area contributed by atoms with E-state index in [1.54, 1.807) is 17.0 Å². The lowest BCUT2D eigenvalue weighted by Crippen LogP contribution is -2.30. The number of thioether (sulfide) groups is 1. The fraction of sp³-hybridized carbons (Fsp3) is 0.176. The highest BCUT2D eigenvalue weighted by Crippen LogP contribution is 2.32. The van der Waals surface area contributed by atoms with E-state index in [1.807, 2.05) is 36.5 Å². The average Bonchev–Trinajstić information content (AvgIpc) is 3.12. The van der Waals surface area contributed by atoms with Crippen LogP contribution in [0.25, 0.3) is 6.08 Å². The second-order valence-electron chi connectivity index (χ2n) is 5.43. The minimum absolute atomic E-state index is 0.0879. The molecule has 3 rings (SSSR count). The van der Waals surface area contributed by atoms with Crippen LogP contribution in [0.15, 0.2) is 47.6 Å². The molecule has 0 atom stereocenters. The van der Waals surface area contributed by atoms with Gasteiger partial charge in [-0.1, -0.05) is 54.3 Å². The van der Waals surface area contributed by atoms with Crippen LogP contribution < -0.4 is 0 Å². The fourth-order valence-electron chi connectivity index (χ4n) is 2.36. The van der Waals surface area contributed by atoms with Gasteiger partial charge in [0.2, 0.25) is 0 Å². The maximum atomic E-state index is 12.4. The Bertz CT molecular complexity index is 846. The Morgan fingerprint density at radius 1 is 1.32 bits per heavy atom. The maximum absolute atomic E-state index is 12.4. The Hall–Kier alpha value is -2.45. The smallest absolute Gasteiger partial charge is 0.305 e. The van der Waals surface area contributed by atoms with Crippen LogP contribution in [0.5, 0.6) is 0 Å². The number of carboxylic acid groups (broad SMARTS) is 1. The van der Waals surface area contributed by atoms with Gasteiger partial charge in [-0.3, -0.25) is 19.2 Å². The first-order chi connectivity index (χ1) is 12.0. The monoisotopic (exact) mass is 373 g/mol. The largest absolute Gasteiger partial charge is 0.481 e. The summed E-state index contributed by atoms with van der Waals surface area (Å²) in [5.74, 6) is -1.22. The molecule has 6 nitrogen and oxygen atoms in total. The number of hydrogen-bond acceptors (Lipinski definition) is 5. The molecule has 1 fully saturated rings. The molecule has 1 N–H and O–H groups in total. The molecule has 0 spiro atoms. The lowest BCUT2D eigenvalue weighted by Gasteiger charge is -2.12. The predicted octanol–water partition coefficient (Wildman–Crippen LogP) is 2.61. The number of aromatic nitrogens is 2. The first-order valence-electron chi connectivity index (χ1n) is 7.56. The van der Waals surface area contributed by atoms with Gasteiger partial charge < -0.3 is 5.11 Å². The number of benzene rings is 1. The molecule has 8 heteroatoms. The van der Waals surface area contributed by atoms with E-state index >= 15 is 0 Å². The van der Waals surface area contributed by atoms with E-state index in [2.05, 4.69) is 5.10 Å². The molecular formula is C17H15N3O3S2. The quantitative estimate of drug-likeness (QED) is 0.620. The lowest BCUT2D eigenvalue weighted by molar-refractivity contribution is -0.137. The minimum atomic E-state index is -0.958. The number of thiocarbonyl (C=S) groups is 1. The van der Waals surface area contributed by atoms with E-state index in [0.29, 0.717) is 15.8 Å². The minimum Gasteiger partial charge on any atom is -0.481 e. The number of amides is 1. The Kier molecular flexibility index (Phi) is 5.30. The van der Waals surface area contributed by atoms with E-state index in [0.717, 1.165) is 11.1 Å². The SMILES string of the molecule is O=C(O)CCN1C(=O)/C(=C\c2cnn(Cc3ccccc3)c2)SC1=S. The molecule has 1 saturated heterocycles. The molecule has 1 aliphatic rings. The number of carboxylic acids is 1. The van der Waals surface area contributed by atoms with Crippen LogP contribution >= 0.6 is 24.0 Å². The Morgan fingerprint density at radius 3 is 2.80 bits per heavy atom. The van der Waals surface area contributed by atoms with Crippen LogP contribution in [0.3, 0.4) is 0 Å². The van der Waals surface area contributed by atoms with Crippen LogP contribution in [0, 0.1) is 0 Å². The van der Waals surface area contributed by atoms with Gasteiger partial charge in [0.15, 0.2) is 0 Å². The zero-order chi connectivity index (χ0) is 17.8. The molecule has 0 saturated carbocycles. The van der Waals surface area contributed by atoms with E-state index < -0.39 is 5.97 Å². The summed E-state index contributed by atoms with van der Waals surface area (Å²) in [5, 5.41) is 13.1. The Morgan fingerprint density at radius 2 is 2.08 bits per heavy atom. The highest BCUT2D eigenvalue weighted by atomic mass is 32.2. The van der Waals surface area contributed by atoms with Crippen LogP contribution in [-0.4, -0.2) is 42.5 Å². The molecule has 1 amide bonds. The van der Waals surface area contributed by atoms with Crippen molar-refractivity contribution in [3.05, 3.63) is 58.8 Å². The van der Waals surface area contributed by atoms with Gasteiger partial charge in [0.05, 0.1) is 24.1 Å². The van der Waals surface area contributed by atoms with E-state index in [4.69, 9.17) is 17.3 Å². The van der Waals surface area contributed by atoms with Gasteiger partial charge >= 0.3 is 5.97 Å². The average molecular weight is 373 g/mol. The zero-order valence-corrected chi connectivity index (χ0v) is 14.8. The highest BCUT2D eigenvalue weighted by Gasteiger charge is 2.32. The normalized spacial score (nSPS) is 16.0. The van der Waals surface area contributed by atoms with Crippen LogP contribution in [0.1, 0.15) is 17.5 Å². The van der Waals surface area contributed by atoms with Crippen molar-refractivity contribution >= 4 is 46.3 Å². The number of aliphatic carboxylic acids is 1. The standard InChI is InChI=1S/C17H15N3O3S2/c21-15(22)6-7-20-16(23)14(25-17(20)24)8-13-9-18-19(11-13)10-12-4-2-1-3-5-12/h1-5,8-9,11H,6-7,10H2,(H,21,22)/b14-8+. The van der Waals surface area contributed by atoms with E-state index in [9.17, 15) is 9.59 Å². The number of nitrogens with zero attached hydrogens (tertiary/aromatic N) is 3. The molecule has 2 aromatic rings. The maximum Gasteiger partial charge on any atom is 0.305 e. The summed E-state index contributed by atoms with van der Waals surface area (Å²) < 4.78 is 2.18. The second kappa shape index (κ2) is 7.62. The molecule has 0 unspecified atom stereocenters. The third-order valence-electron chi connectivity index (χ3n) is 3.56. The number of carbonyl (C=O) groups is 2. The summed E-state index contributed by atoms with van der Waals surface area (Å²) >= 11 is 6.35. The highest BCUT2D eigenvalue weighted by molar-refractivity contribution is 8.26. The molecular weight excluding hydrogens is 358 g/mol. The molecule has 0 bridgehead atoms. The van der Waals surface area contributed by atoms with Crippen LogP contribution in [0.2, 0.25) is 0 Å². The summed E-state index contributed by atoms with van der Waals surface area (Å²) in [4.78, 5) is 24.8. The molecule has 25 heavy (non-hydrogen) atoms. The fourth-order valence-corrected chi connectivity index (χ4v) is 3.67. The van der Waals surface area contributed by atoms with Gasteiger partial charge in [-0.25, -0.2) is 0 Å². The molecule has 1 aliphatic heterocycles. The molecule has 1 aromatic carbocycles. The molecule has 0 aliphatic carbocycles. The Labute approximate surface area is 154 Å². The van der Waals surface area contributed by atoms with Crippen molar-refractivity contribution in [2.75, 3.05) is 6.54 Å². The van der Waals surface area contributed by atoms with Crippen molar-refractivity contribution in [2.45, 2.75) is 13.0 Å². The summed E-state index contributed by atoms with van der Waals surface area (Å²) in [6.45, 7) is 0.735. The van der Waals surface area contributed by atoms with Crippen molar-refractivity contribution < 1.29 is 14.7 Å². The second-order valence-corrected chi connectivity index (χ2v) is 7.11. The molecule has 128 valence electrons. The van der Waals surface area contributed by atoms with Gasteiger partial charge in [0, 0.05) is 18.3 Å². The van der Waals surface area contributed by atoms with Crippen molar-refractivity contribution in [1.29, 1.82) is 0 Å². The predicted molar refractivity (Wildman–Crippen MR) is 99.9 cm³/mol. The topological polar surface area (TPSA) is 75.4 Å². The summed E-state index contributed by atoms with van der Waals surface area (Å²) in [6, 6.07) is 9.96. The van der Waals surface area contributed by atoms with Crippen molar-refractivity contribution in [3.8, 4) is 0 Å². The molecule has 0 radical (unpaired) electrons. The van der Waals surface area contributed by atoms with Gasteiger partial charge in [0.1, 0.15) is 4.32 Å². The number of hydrogen-bond donors (Lipinski definition) is 1. The lowest BCUT2D eigenvalue weighted by atomic mass is 10.2. The van der Waals surface area contributed by atoms with E-state index in [1.165, 1.54) is 16.7 Å². The van der Waals surface area contributed by atoms with E-state index in [-0.39, 0.29) is 18.9 Å². The van der Waals surface area contributed by atoms with Gasteiger partial charge in [-0.2, -0.15) is 5.10 Å². The first-order valence-corrected chi connectivity index (χ1v) is 8.79. The third kappa shape index (κ3) is 4.34. The summed E-state index contributed by atoms with van der Waals surface area (Å²) in [6.07, 6.45) is 5.15.